The third-order valence-electron chi connectivity index (χ3n) is 4.43. The van der Waals surface area contributed by atoms with Gasteiger partial charge in [-0.1, -0.05) is 49.2 Å². The molecule has 114 valence electrons. The molecule has 4 N–H and O–H groups in total. The molecule has 0 aromatic heterocycles. The van der Waals surface area contributed by atoms with Gasteiger partial charge in [-0.05, 0) is 30.4 Å². The van der Waals surface area contributed by atoms with Crippen molar-refractivity contribution in [2.75, 3.05) is 0 Å². The Bertz CT molecular complexity index is 534. The Balaban J connectivity index is 2.10. The van der Waals surface area contributed by atoms with Gasteiger partial charge >= 0.3 is 0 Å². The third kappa shape index (κ3) is 3.01. The number of benzene rings is 1. The molecule has 1 aliphatic rings. The summed E-state index contributed by atoms with van der Waals surface area (Å²) >= 11 is 0. The van der Waals surface area contributed by atoms with E-state index in [-0.39, 0.29) is 11.7 Å². The first-order chi connectivity index (χ1) is 10.1. The van der Waals surface area contributed by atoms with E-state index in [2.05, 4.69) is 23.5 Å². The van der Waals surface area contributed by atoms with Crippen molar-refractivity contribution in [3.05, 3.63) is 35.4 Å². The van der Waals surface area contributed by atoms with Gasteiger partial charge in [0.05, 0.1) is 0 Å². The molecule has 1 aliphatic carbocycles. The van der Waals surface area contributed by atoms with E-state index in [1.807, 2.05) is 18.2 Å². The average molecular weight is 289 g/mol. The van der Waals surface area contributed by atoms with Crippen LogP contribution in [-0.4, -0.2) is 17.0 Å². The van der Waals surface area contributed by atoms with E-state index in [1.165, 1.54) is 5.56 Å². The van der Waals surface area contributed by atoms with Gasteiger partial charge in [0.1, 0.15) is 5.41 Å². The summed E-state index contributed by atoms with van der Waals surface area (Å²) in [6.07, 6.45) is 4.07. The second-order valence-electron chi connectivity index (χ2n) is 5.58. The molecule has 1 aromatic carbocycles. The van der Waals surface area contributed by atoms with Crippen LogP contribution in [0.4, 0.5) is 0 Å². The van der Waals surface area contributed by atoms with Crippen molar-refractivity contribution in [2.45, 2.75) is 45.6 Å². The number of rotatable bonds is 5. The van der Waals surface area contributed by atoms with Gasteiger partial charge in [0.15, 0.2) is 5.84 Å². The maximum atomic E-state index is 12.6. The zero-order valence-corrected chi connectivity index (χ0v) is 12.4. The third-order valence-corrected chi connectivity index (χ3v) is 4.43. The molecule has 1 saturated carbocycles. The highest BCUT2D eigenvalue weighted by atomic mass is 16.4. The van der Waals surface area contributed by atoms with Crippen LogP contribution >= 0.6 is 0 Å². The predicted octanol–water partition coefficient (Wildman–Crippen LogP) is 2.17. The molecule has 1 fully saturated rings. The minimum atomic E-state index is -0.837. The summed E-state index contributed by atoms with van der Waals surface area (Å²) in [7, 11) is 0. The first kappa shape index (κ1) is 15.4. The highest BCUT2D eigenvalue weighted by Crippen LogP contribution is 2.38. The quantitative estimate of drug-likeness (QED) is 0.336. The number of oxime groups is 1. The number of hydrogen-bond acceptors (Lipinski definition) is 3. The Hall–Kier alpha value is -2.04. The Kier molecular flexibility index (Phi) is 4.83. The molecule has 21 heavy (non-hydrogen) atoms. The predicted molar refractivity (Wildman–Crippen MR) is 82.0 cm³/mol. The first-order valence-corrected chi connectivity index (χ1v) is 7.47. The summed E-state index contributed by atoms with van der Waals surface area (Å²) in [5.74, 6) is -0.109. The van der Waals surface area contributed by atoms with Crippen LogP contribution in [-0.2, 0) is 17.8 Å². The number of carbonyl (C=O) groups excluding carboxylic acids is 1. The second kappa shape index (κ2) is 6.61. The molecule has 0 saturated heterocycles. The van der Waals surface area contributed by atoms with Crippen molar-refractivity contribution in [1.29, 1.82) is 0 Å². The molecule has 0 atom stereocenters. The monoisotopic (exact) mass is 289 g/mol. The second-order valence-corrected chi connectivity index (χ2v) is 5.58. The summed E-state index contributed by atoms with van der Waals surface area (Å²) in [4.78, 5) is 12.6. The minimum Gasteiger partial charge on any atom is -0.409 e. The van der Waals surface area contributed by atoms with E-state index < -0.39 is 5.41 Å². The Morgan fingerprint density at radius 1 is 1.33 bits per heavy atom. The normalized spacial score (nSPS) is 17.7. The summed E-state index contributed by atoms with van der Waals surface area (Å²) in [6.45, 7) is 2.57. The standard InChI is InChI=1S/C16H23N3O2/c1-2-12-7-3-4-8-13(12)11-18-15(20)16(14(17)19-21)9-5-6-10-16/h3-4,7-8,21H,2,5-6,9-11H2,1H3,(H2,17,19)(H,18,20). The van der Waals surface area contributed by atoms with E-state index in [1.54, 1.807) is 0 Å². The molecule has 5 heteroatoms. The number of aryl methyl sites for hydroxylation is 1. The average Bonchev–Trinajstić information content (AvgIpc) is 3.03. The molecule has 0 spiro atoms. The molecule has 1 amide bonds. The van der Waals surface area contributed by atoms with Crippen LogP contribution in [0.5, 0.6) is 0 Å². The molecule has 0 aliphatic heterocycles. The number of nitrogens with zero attached hydrogens (tertiary/aromatic N) is 1. The van der Waals surface area contributed by atoms with Crippen LogP contribution in [0.15, 0.2) is 29.4 Å². The fourth-order valence-electron chi connectivity index (χ4n) is 3.09. The van der Waals surface area contributed by atoms with Gasteiger partial charge < -0.3 is 16.3 Å². The first-order valence-electron chi connectivity index (χ1n) is 7.47. The van der Waals surface area contributed by atoms with E-state index in [9.17, 15) is 4.79 Å². The summed E-state index contributed by atoms with van der Waals surface area (Å²) in [5.41, 5.74) is 7.28. The van der Waals surface area contributed by atoms with Crippen molar-refractivity contribution >= 4 is 11.7 Å². The SMILES string of the molecule is CCc1ccccc1CNC(=O)C1(C(N)=NO)CCCC1. The van der Waals surface area contributed by atoms with E-state index >= 15 is 0 Å². The molecule has 1 aromatic rings. The lowest BCUT2D eigenvalue weighted by Crippen LogP contribution is -2.48. The largest absolute Gasteiger partial charge is 0.409 e. The summed E-state index contributed by atoms with van der Waals surface area (Å²) in [6, 6.07) is 8.05. The highest BCUT2D eigenvalue weighted by Gasteiger charge is 2.45. The summed E-state index contributed by atoms with van der Waals surface area (Å²) in [5, 5.41) is 15.0. The van der Waals surface area contributed by atoms with Gasteiger partial charge in [-0.3, -0.25) is 4.79 Å². The van der Waals surface area contributed by atoms with Crippen LogP contribution in [0.2, 0.25) is 0 Å². The lowest BCUT2D eigenvalue weighted by molar-refractivity contribution is -0.127. The highest BCUT2D eigenvalue weighted by molar-refractivity contribution is 6.07. The fraction of sp³-hybridized carbons (Fsp3) is 0.500. The van der Waals surface area contributed by atoms with Crippen LogP contribution in [0, 0.1) is 5.41 Å². The van der Waals surface area contributed by atoms with Crippen LogP contribution in [0.1, 0.15) is 43.7 Å². The number of nitrogens with two attached hydrogens (primary N) is 1. The van der Waals surface area contributed by atoms with E-state index in [0.29, 0.717) is 19.4 Å². The maximum absolute atomic E-state index is 12.6. The van der Waals surface area contributed by atoms with Crippen molar-refractivity contribution in [2.24, 2.45) is 16.3 Å². The Morgan fingerprint density at radius 3 is 2.52 bits per heavy atom. The lowest BCUT2D eigenvalue weighted by atomic mass is 9.83. The molecular formula is C16H23N3O2. The topological polar surface area (TPSA) is 87.7 Å². The number of amides is 1. The van der Waals surface area contributed by atoms with Crippen molar-refractivity contribution in [3.63, 3.8) is 0 Å². The van der Waals surface area contributed by atoms with Gasteiger partial charge in [0.2, 0.25) is 5.91 Å². The van der Waals surface area contributed by atoms with Crippen molar-refractivity contribution < 1.29 is 10.0 Å². The maximum Gasteiger partial charge on any atom is 0.234 e. The zero-order valence-electron chi connectivity index (χ0n) is 12.4. The van der Waals surface area contributed by atoms with Crippen LogP contribution < -0.4 is 11.1 Å². The zero-order chi connectivity index (χ0) is 15.3. The number of hydrogen-bond donors (Lipinski definition) is 3. The number of amidine groups is 1. The van der Waals surface area contributed by atoms with Gasteiger partial charge in [-0.2, -0.15) is 0 Å². The molecule has 0 bridgehead atoms. The molecule has 0 unspecified atom stereocenters. The molecule has 0 radical (unpaired) electrons. The molecule has 5 nitrogen and oxygen atoms in total. The van der Waals surface area contributed by atoms with Crippen molar-refractivity contribution in [1.82, 2.24) is 5.32 Å². The molecule has 2 rings (SSSR count). The number of carbonyl (C=O) groups is 1. The van der Waals surface area contributed by atoms with E-state index in [0.717, 1.165) is 24.8 Å². The van der Waals surface area contributed by atoms with Crippen LogP contribution in [0.25, 0.3) is 0 Å². The molecule has 0 heterocycles. The van der Waals surface area contributed by atoms with Gasteiger partial charge in [-0.25, -0.2) is 0 Å². The fourth-order valence-corrected chi connectivity index (χ4v) is 3.09. The summed E-state index contributed by atoms with van der Waals surface area (Å²) < 4.78 is 0. The van der Waals surface area contributed by atoms with E-state index in [4.69, 9.17) is 10.9 Å². The molecular weight excluding hydrogens is 266 g/mol. The van der Waals surface area contributed by atoms with Gasteiger partial charge in [0, 0.05) is 6.54 Å². The minimum absolute atomic E-state index is 0.0290. The Morgan fingerprint density at radius 2 is 1.95 bits per heavy atom. The van der Waals surface area contributed by atoms with Gasteiger partial charge in [0.25, 0.3) is 0 Å². The van der Waals surface area contributed by atoms with Crippen molar-refractivity contribution in [3.8, 4) is 0 Å². The van der Waals surface area contributed by atoms with Gasteiger partial charge in [-0.15, -0.1) is 0 Å². The smallest absolute Gasteiger partial charge is 0.234 e. The Labute approximate surface area is 125 Å². The number of nitrogens with one attached hydrogen (secondary N) is 1. The lowest BCUT2D eigenvalue weighted by Gasteiger charge is -2.26. The van der Waals surface area contributed by atoms with Crippen LogP contribution in [0.3, 0.4) is 0 Å².